The van der Waals surface area contributed by atoms with Crippen molar-refractivity contribution in [3.63, 3.8) is 0 Å². The summed E-state index contributed by atoms with van der Waals surface area (Å²) in [6, 6.07) is 0. The molecule has 8 atom stereocenters. The molecule has 3 rings (SSSR count). The molecule has 0 bridgehead atoms. The minimum Gasteiger partial charge on any atom is -0.386 e. The van der Waals surface area contributed by atoms with Crippen molar-refractivity contribution in [1.29, 1.82) is 0 Å². The number of hydrogen-bond donors (Lipinski definition) is 11. The molecule has 1 aliphatic heterocycles. The van der Waals surface area contributed by atoms with Crippen LogP contribution in [0, 0.1) is 5.41 Å². The van der Waals surface area contributed by atoms with Crippen LogP contribution in [0.2, 0.25) is 0 Å². The van der Waals surface area contributed by atoms with Gasteiger partial charge in [0.1, 0.15) is 42.5 Å². The molecule has 280 valence electrons. The van der Waals surface area contributed by atoms with Crippen LogP contribution in [0.3, 0.4) is 0 Å². The molecule has 0 spiro atoms. The molecule has 0 radical (unpaired) electrons. The summed E-state index contributed by atoms with van der Waals surface area (Å²) in [6.45, 7) is 1.03. The summed E-state index contributed by atoms with van der Waals surface area (Å²) in [6.07, 6.45) is -7.43. The average molecular weight is 802 g/mol. The molecule has 1 aliphatic rings. The van der Waals surface area contributed by atoms with Crippen molar-refractivity contribution < 1.29 is 76.0 Å². The van der Waals surface area contributed by atoms with Crippen LogP contribution >= 0.6 is 45.9 Å². The predicted molar refractivity (Wildman–Crippen MR) is 172 cm³/mol. The van der Waals surface area contributed by atoms with E-state index in [1.165, 1.54) is 24.6 Å². The summed E-state index contributed by atoms with van der Waals surface area (Å²) in [7, 11) is -15.0. The van der Waals surface area contributed by atoms with Crippen molar-refractivity contribution in [1.82, 2.24) is 30.2 Å². The number of aliphatic hydroxyl groups excluding tert-OH is 3. The molecule has 1 saturated heterocycles. The Labute approximate surface area is 287 Å². The van der Waals surface area contributed by atoms with Gasteiger partial charge in [0.2, 0.25) is 5.91 Å². The Morgan fingerprint density at radius 1 is 1.14 bits per heavy atom. The number of carbonyl (C=O) groups excluding carboxylic acids is 1. The van der Waals surface area contributed by atoms with Crippen LogP contribution < -0.4 is 16.4 Å². The molecule has 28 heteroatoms. The van der Waals surface area contributed by atoms with Crippen LogP contribution in [0.25, 0.3) is 11.2 Å². The molecule has 23 nitrogen and oxygen atoms in total. The molecular formula is C21H38N7O16P3S2. The molecule has 2 aromatic heterocycles. The van der Waals surface area contributed by atoms with Gasteiger partial charge in [-0.2, -0.15) is 4.31 Å². The summed E-state index contributed by atoms with van der Waals surface area (Å²) in [5, 5.41) is 36.3. The second-order valence-electron chi connectivity index (χ2n) is 11.1. The van der Waals surface area contributed by atoms with Gasteiger partial charge in [0.15, 0.2) is 17.7 Å². The number of hydrogen-bond acceptors (Lipinski definition) is 19. The summed E-state index contributed by atoms with van der Waals surface area (Å²) in [5.41, 5.74) is 4.33. The lowest BCUT2D eigenvalue weighted by Gasteiger charge is -2.30. The molecular weight excluding hydrogens is 763 g/mol. The highest BCUT2D eigenvalue weighted by Crippen LogP contribution is 2.61. The van der Waals surface area contributed by atoms with E-state index >= 15 is 0 Å². The molecule has 3 heterocycles. The predicted octanol–water partition coefficient (Wildman–Crippen LogP) is -1.23. The second-order valence-corrected chi connectivity index (χ2v) is 16.7. The first-order valence-corrected chi connectivity index (χ1v) is 20.5. The number of phosphoric acid groups is 3. The smallest absolute Gasteiger partial charge is 0.386 e. The monoisotopic (exact) mass is 801 g/mol. The molecule has 0 aliphatic carbocycles. The Balaban J connectivity index is 1.58. The number of nitrogens with two attached hydrogens (primary N) is 1. The van der Waals surface area contributed by atoms with Crippen LogP contribution in [0.4, 0.5) is 5.82 Å². The largest absolute Gasteiger partial charge is 0.481 e. The van der Waals surface area contributed by atoms with Gasteiger partial charge in [-0.3, -0.25) is 28.2 Å². The zero-order chi connectivity index (χ0) is 36.8. The minimum atomic E-state index is -5.53. The maximum Gasteiger partial charge on any atom is 0.481 e. The van der Waals surface area contributed by atoms with Crippen molar-refractivity contribution in [2.45, 2.75) is 57.1 Å². The maximum atomic E-state index is 12.6. The quantitative estimate of drug-likeness (QED) is 0.0246. The summed E-state index contributed by atoms with van der Waals surface area (Å²) in [4.78, 5) is 63.1. The number of rotatable bonds is 20. The highest BCUT2D eigenvalue weighted by molar-refractivity contribution is 8.68. The average Bonchev–Trinajstić information content (AvgIpc) is 3.55. The Morgan fingerprint density at radius 2 is 1.82 bits per heavy atom. The number of amides is 1. The van der Waals surface area contributed by atoms with E-state index in [9.17, 15) is 53.4 Å². The zero-order valence-corrected chi connectivity index (χ0v) is 30.1. The number of ether oxygens (including phenoxy) is 1. The van der Waals surface area contributed by atoms with Crippen LogP contribution in [0.5, 0.6) is 0 Å². The van der Waals surface area contributed by atoms with Gasteiger partial charge in [-0.05, 0) is 0 Å². The number of aromatic nitrogens is 4. The normalized spacial score (nSPS) is 24.0. The fourth-order valence-electron chi connectivity index (χ4n) is 4.26. The molecule has 49 heavy (non-hydrogen) atoms. The summed E-state index contributed by atoms with van der Waals surface area (Å²) in [5.74, 6) is -0.309. The molecule has 1 fully saturated rings. The first kappa shape index (κ1) is 42.1. The van der Waals surface area contributed by atoms with E-state index in [1.54, 1.807) is 0 Å². The third-order valence-electron chi connectivity index (χ3n) is 6.72. The number of nitrogen functional groups attached to an aromatic ring is 1. The zero-order valence-electron chi connectivity index (χ0n) is 25.7. The second kappa shape index (κ2) is 17.5. The lowest BCUT2D eigenvalue weighted by Crippen LogP contribution is -2.46. The van der Waals surface area contributed by atoms with Gasteiger partial charge in [0.05, 0.1) is 19.5 Å². The molecule has 11 N–H and O–H groups in total. The maximum absolute atomic E-state index is 12.6. The van der Waals surface area contributed by atoms with Gasteiger partial charge >= 0.3 is 23.5 Å². The Bertz CT molecular complexity index is 1570. The fraction of sp³-hybridized carbons (Fsp3) is 0.714. The number of phosphoric ester groups is 3. The van der Waals surface area contributed by atoms with Gasteiger partial charge in [0.25, 0.3) is 0 Å². The molecule has 0 saturated carbocycles. The number of imidazole rings is 1. The summed E-state index contributed by atoms with van der Waals surface area (Å²) < 4.78 is 61.8. The van der Waals surface area contributed by atoms with Crippen molar-refractivity contribution in [2.75, 3.05) is 37.8 Å². The Hall–Kier alpha value is -1.31. The Morgan fingerprint density at radius 3 is 2.47 bits per heavy atom. The molecule has 3 unspecified atom stereocenters. The number of carbonyl (C=O) groups is 1. The number of nitrogens with zero attached hydrogens (tertiary/aromatic N) is 4. The van der Waals surface area contributed by atoms with Gasteiger partial charge in [-0.1, -0.05) is 24.6 Å². The number of aliphatic hydroxyl groups is 3. The lowest BCUT2D eigenvalue weighted by atomic mass is 9.87. The SMILES string of the molecule is CC(C)(COP(=O)(O)OP(=O)(O)OC[C@H]1O[C@@H](n2cnc3c(N)ncnc32)[C@H](O)[C@@H]1OP(=O)(O)O)[C@@H](O)C(=O)NCCC(O)NCCSS. The number of nitrogens with one attached hydrogen (secondary N) is 2. The first-order chi connectivity index (χ1) is 22.7. The van der Waals surface area contributed by atoms with E-state index in [0.29, 0.717) is 12.3 Å². The first-order valence-electron chi connectivity index (χ1n) is 14.0. The van der Waals surface area contributed by atoms with Gasteiger partial charge in [-0.25, -0.2) is 28.6 Å². The summed E-state index contributed by atoms with van der Waals surface area (Å²) >= 11 is 3.97. The van der Waals surface area contributed by atoms with E-state index in [0.717, 1.165) is 17.2 Å². The van der Waals surface area contributed by atoms with E-state index < -0.39 is 84.9 Å². The third-order valence-corrected chi connectivity index (χ3v) is 10.8. The van der Waals surface area contributed by atoms with Crippen LogP contribution in [0.15, 0.2) is 12.7 Å². The van der Waals surface area contributed by atoms with E-state index in [4.69, 9.17) is 19.5 Å². The van der Waals surface area contributed by atoms with Gasteiger partial charge < -0.3 is 50.7 Å². The lowest BCUT2D eigenvalue weighted by molar-refractivity contribution is -0.137. The van der Waals surface area contributed by atoms with Crippen molar-refractivity contribution >= 4 is 68.8 Å². The Kier molecular flexibility index (Phi) is 15.0. The van der Waals surface area contributed by atoms with Crippen molar-refractivity contribution in [3.05, 3.63) is 12.7 Å². The molecule has 1 amide bonds. The molecule has 0 aromatic carbocycles. The highest BCUT2D eigenvalue weighted by atomic mass is 33.1. The topological polar surface area (TPSA) is 350 Å². The standard InChI is InChI=1S/C21H38N7O16P3S2/c1-21(2,16(31)19(32)24-4-3-12(29)23-5-6-49-48)8-41-47(38,39)44-46(36,37)40-7-11-15(43-45(33,34)35)14(30)20(42-11)28-10-27-13-17(22)25-9-26-18(13)28/h9-12,14-16,20,23,29-31,48H,3-8H2,1-2H3,(H,24,32)(H,36,37)(H,38,39)(H2,22,25,26)(H2,33,34,35)/t11-,12?,14-,15-,16+,20-/m1/s1. The van der Waals surface area contributed by atoms with E-state index in [-0.39, 0.29) is 29.9 Å². The van der Waals surface area contributed by atoms with Gasteiger partial charge in [-0.15, -0.1) is 11.7 Å². The highest BCUT2D eigenvalue weighted by Gasteiger charge is 2.50. The third kappa shape index (κ3) is 12.4. The number of thiol groups is 1. The fourth-order valence-corrected chi connectivity index (χ4v) is 7.57. The van der Waals surface area contributed by atoms with E-state index in [2.05, 4.69) is 46.1 Å². The molecule has 2 aromatic rings. The van der Waals surface area contributed by atoms with Crippen molar-refractivity contribution in [3.8, 4) is 0 Å². The number of anilines is 1. The number of fused-ring (bicyclic) bond motifs is 1. The van der Waals surface area contributed by atoms with E-state index in [1.807, 2.05) is 0 Å². The van der Waals surface area contributed by atoms with Gasteiger partial charge in [0, 0.05) is 30.7 Å². The van der Waals surface area contributed by atoms with Crippen molar-refractivity contribution in [2.24, 2.45) is 5.41 Å². The minimum absolute atomic E-state index is 0.0335. The van der Waals surface area contributed by atoms with Crippen LogP contribution in [0.1, 0.15) is 26.5 Å². The van der Waals surface area contributed by atoms with Crippen LogP contribution in [-0.4, -0.2) is 123 Å². The van der Waals surface area contributed by atoms with Crippen LogP contribution in [-0.2, 0) is 41.1 Å².